The lowest BCUT2D eigenvalue weighted by atomic mass is 10.0. The highest BCUT2D eigenvalue weighted by molar-refractivity contribution is 7.89. The lowest BCUT2D eigenvalue weighted by Gasteiger charge is -2.14. The number of anilines is 1. The van der Waals surface area contributed by atoms with Crippen molar-refractivity contribution in [1.29, 1.82) is 0 Å². The van der Waals surface area contributed by atoms with Gasteiger partial charge in [0.15, 0.2) is 6.61 Å². The molecule has 2 N–H and O–H groups in total. The molecular formula is C20H26N2O4S. The number of carbonyl (C=O) groups is 1. The van der Waals surface area contributed by atoms with Crippen LogP contribution in [0.1, 0.15) is 39.2 Å². The van der Waals surface area contributed by atoms with Crippen molar-refractivity contribution in [1.82, 2.24) is 4.72 Å². The molecule has 27 heavy (non-hydrogen) atoms. The lowest BCUT2D eigenvalue weighted by molar-refractivity contribution is -0.118. The van der Waals surface area contributed by atoms with Gasteiger partial charge in [-0.15, -0.1) is 0 Å². The molecular weight excluding hydrogens is 364 g/mol. The van der Waals surface area contributed by atoms with Crippen LogP contribution in [0.3, 0.4) is 0 Å². The second kappa shape index (κ2) is 9.01. The molecule has 7 heteroatoms. The normalized spacial score (nSPS) is 11.6. The molecule has 0 heterocycles. The van der Waals surface area contributed by atoms with Crippen LogP contribution in [0.2, 0.25) is 0 Å². The maximum atomic E-state index is 12.1. The number of benzene rings is 2. The monoisotopic (exact) mass is 390 g/mol. The fourth-order valence-corrected chi connectivity index (χ4v) is 3.78. The van der Waals surface area contributed by atoms with Gasteiger partial charge < -0.3 is 10.1 Å². The van der Waals surface area contributed by atoms with E-state index in [0.29, 0.717) is 17.4 Å². The predicted octanol–water partition coefficient (Wildman–Crippen LogP) is 3.51. The summed E-state index contributed by atoms with van der Waals surface area (Å²) in [6, 6.07) is 13.4. The van der Waals surface area contributed by atoms with Gasteiger partial charge in [0, 0.05) is 11.7 Å². The minimum Gasteiger partial charge on any atom is -0.483 e. The zero-order valence-corrected chi connectivity index (χ0v) is 16.8. The number of hydrogen-bond donors (Lipinski definition) is 2. The van der Waals surface area contributed by atoms with Crippen molar-refractivity contribution in [3.63, 3.8) is 0 Å². The third-order valence-electron chi connectivity index (χ3n) is 3.74. The average Bonchev–Trinajstić information content (AvgIpc) is 2.59. The van der Waals surface area contributed by atoms with Gasteiger partial charge in [-0.3, -0.25) is 4.79 Å². The SMILES string of the molecule is CC(C)NS(=O)(=O)c1ccc(NC(=O)COc2ccccc2C(C)C)cc1. The van der Waals surface area contributed by atoms with Gasteiger partial charge in [-0.1, -0.05) is 32.0 Å². The van der Waals surface area contributed by atoms with Gasteiger partial charge in [0.05, 0.1) is 4.90 Å². The van der Waals surface area contributed by atoms with Gasteiger partial charge in [-0.05, 0) is 55.7 Å². The molecule has 0 aliphatic heterocycles. The van der Waals surface area contributed by atoms with Crippen molar-refractivity contribution in [2.75, 3.05) is 11.9 Å². The Morgan fingerprint density at radius 2 is 1.63 bits per heavy atom. The maximum Gasteiger partial charge on any atom is 0.262 e. The highest BCUT2D eigenvalue weighted by Gasteiger charge is 2.15. The molecule has 6 nitrogen and oxygen atoms in total. The molecule has 146 valence electrons. The molecule has 0 bridgehead atoms. The van der Waals surface area contributed by atoms with Gasteiger partial charge in [-0.25, -0.2) is 13.1 Å². The summed E-state index contributed by atoms with van der Waals surface area (Å²) in [5, 5.41) is 2.70. The number of carbonyl (C=O) groups excluding carboxylic acids is 1. The van der Waals surface area contributed by atoms with Gasteiger partial charge in [0.1, 0.15) is 5.75 Å². The highest BCUT2D eigenvalue weighted by atomic mass is 32.2. The van der Waals surface area contributed by atoms with Crippen molar-refractivity contribution in [2.24, 2.45) is 0 Å². The van der Waals surface area contributed by atoms with Crippen LogP contribution in [-0.2, 0) is 14.8 Å². The van der Waals surface area contributed by atoms with Crippen LogP contribution in [0.25, 0.3) is 0 Å². The topological polar surface area (TPSA) is 84.5 Å². The van der Waals surface area contributed by atoms with E-state index in [9.17, 15) is 13.2 Å². The number of rotatable bonds is 8. The summed E-state index contributed by atoms with van der Waals surface area (Å²) in [4.78, 5) is 12.3. The first kappa shape index (κ1) is 20.9. The Morgan fingerprint density at radius 1 is 1.00 bits per heavy atom. The minimum absolute atomic E-state index is 0.126. The summed E-state index contributed by atoms with van der Waals surface area (Å²) in [5.74, 6) is 0.659. The van der Waals surface area contributed by atoms with Gasteiger partial charge in [0.25, 0.3) is 5.91 Å². The van der Waals surface area contributed by atoms with E-state index in [4.69, 9.17) is 4.74 Å². The Balaban J connectivity index is 1.97. The van der Waals surface area contributed by atoms with E-state index in [1.807, 2.05) is 24.3 Å². The smallest absolute Gasteiger partial charge is 0.262 e. The van der Waals surface area contributed by atoms with Crippen LogP contribution < -0.4 is 14.8 Å². The molecule has 0 atom stereocenters. The van der Waals surface area contributed by atoms with Gasteiger partial charge in [0.2, 0.25) is 10.0 Å². The third-order valence-corrected chi connectivity index (χ3v) is 5.41. The van der Waals surface area contributed by atoms with E-state index in [1.54, 1.807) is 26.0 Å². The van der Waals surface area contributed by atoms with Gasteiger partial charge in [-0.2, -0.15) is 0 Å². The van der Waals surface area contributed by atoms with Crippen molar-refractivity contribution in [3.8, 4) is 5.75 Å². The summed E-state index contributed by atoms with van der Waals surface area (Å²) >= 11 is 0. The van der Waals surface area contributed by atoms with E-state index in [-0.39, 0.29) is 23.5 Å². The molecule has 0 radical (unpaired) electrons. The van der Waals surface area contributed by atoms with Gasteiger partial charge >= 0.3 is 0 Å². The van der Waals surface area contributed by atoms with Crippen LogP contribution in [-0.4, -0.2) is 27.0 Å². The van der Waals surface area contributed by atoms with Crippen molar-refractivity contribution < 1.29 is 17.9 Å². The molecule has 0 fully saturated rings. The fourth-order valence-electron chi connectivity index (χ4n) is 2.53. The number of amides is 1. The Kier molecular flexibility index (Phi) is 6.98. The molecule has 2 aromatic carbocycles. The summed E-state index contributed by atoms with van der Waals surface area (Å²) in [6.07, 6.45) is 0. The molecule has 0 saturated heterocycles. The van der Waals surface area contributed by atoms with Crippen LogP contribution in [0, 0.1) is 0 Å². The number of sulfonamides is 1. The number of ether oxygens (including phenoxy) is 1. The average molecular weight is 391 g/mol. The van der Waals surface area contributed by atoms with E-state index in [2.05, 4.69) is 23.9 Å². The number of para-hydroxylation sites is 1. The predicted molar refractivity (Wildman–Crippen MR) is 107 cm³/mol. The van der Waals surface area contributed by atoms with Crippen LogP contribution >= 0.6 is 0 Å². The van der Waals surface area contributed by atoms with Crippen molar-refractivity contribution >= 4 is 21.6 Å². The molecule has 0 aliphatic rings. The van der Waals surface area contributed by atoms with E-state index in [0.717, 1.165) is 5.56 Å². The standard InChI is InChI=1S/C20H26N2O4S/c1-14(2)18-7-5-6-8-19(18)26-13-20(23)21-16-9-11-17(12-10-16)27(24,25)22-15(3)4/h5-12,14-15,22H,13H2,1-4H3,(H,21,23). The third kappa shape index (κ3) is 6.08. The maximum absolute atomic E-state index is 12.1. The molecule has 2 rings (SSSR count). The van der Waals surface area contributed by atoms with Crippen molar-refractivity contribution in [2.45, 2.75) is 44.6 Å². The first-order valence-electron chi connectivity index (χ1n) is 8.83. The lowest BCUT2D eigenvalue weighted by Crippen LogP contribution is -2.30. The first-order valence-corrected chi connectivity index (χ1v) is 10.3. The summed E-state index contributed by atoms with van der Waals surface area (Å²) < 4.78 is 32.4. The Labute approximate surface area is 161 Å². The summed E-state index contributed by atoms with van der Waals surface area (Å²) in [7, 11) is -3.55. The summed E-state index contributed by atoms with van der Waals surface area (Å²) in [6.45, 7) is 7.50. The molecule has 0 aromatic heterocycles. The minimum atomic E-state index is -3.55. The van der Waals surface area contributed by atoms with Crippen LogP contribution in [0.4, 0.5) is 5.69 Å². The number of nitrogens with one attached hydrogen (secondary N) is 2. The fraction of sp³-hybridized carbons (Fsp3) is 0.350. The van der Waals surface area contributed by atoms with Crippen LogP contribution in [0.5, 0.6) is 5.75 Å². The molecule has 0 spiro atoms. The molecule has 0 saturated carbocycles. The van der Waals surface area contributed by atoms with E-state index >= 15 is 0 Å². The molecule has 0 aliphatic carbocycles. The zero-order valence-electron chi connectivity index (χ0n) is 16.0. The van der Waals surface area contributed by atoms with E-state index < -0.39 is 10.0 Å². The Hall–Kier alpha value is -2.38. The van der Waals surface area contributed by atoms with Crippen molar-refractivity contribution in [3.05, 3.63) is 54.1 Å². The van der Waals surface area contributed by atoms with Crippen LogP contribution in [0.15, 0.2) is 53.4 Å². The zero-order chi connectivity index (χ0) is 20.0. The number of hydrogen-bond acceptors (Lipinski definition) is 4. The Bertz CT molecular complexity index is 875. The Morgan fingerprint density at radius 3 is 2.22 bits per heavy atom. The highest BCUT2D eigenvalue weighted by Crippen LogP contribution is 2.25. The molecule has 1 amide bonds. The molecule has 2 aromatic rings. The molecule has 0 unspecified atom stereocenters. The summed E-state index contributed by atoms with van der Waals surface area (Å²) in [5.41, 5.74) is 1.54. The quantitative estimate of drug-likeness (QED) is 0.722. The first-order chi connectivity index (χ1) is 12.7. The second-order valence-electron chi connectivity index (χ2n) is 6.83. The van der Waals surface area contributed by atoms with E-state index in [1.165, 1.54) is 12.1 Å². The second-order valence-corrected chi connectivity index (χ2v) is 8.54. The largest absolute Gasteiger partial charge is 0.483 e.